The number of esters is 2. The fourth-order valence-electron chi connectivity index (χ4n) is 3.52. The number of carbonyl (C=O) groups is 2. The maximum Gasteiger partial charge on any atom is 0.490 e. The minimum Gasteiger partial charge on any atom is -0.465 e. The molecule has 21 nitrogen and oxygen atoms in total. The molecular formula is C15H22N5O16P3. The number of nitrogens with one attached hydrogen (secondary N) is 1. The van der Waals surface area contributed by atoms with E-state index < -0.39 is 78.5 Å². The summed E-state index contributed by atoms with van der Waals surface area (Å²) in [6.45, 7) is 0.646. The number of fused-ring (bicyclic) bond motifs is 1. The van der Waals surface area contributed by atoms with Gasteiger partial charge in [0.05, 0.1) is 25.0 Å². The standard InChI is InChI=1S/C15H22N5O16P3/c1-6(21)31-3-8-9(4-32-38(27,28)36-39(29,30)35-37(24,25)26)34-14(11(8)33-7(2)22)20-5-17-10-12(20)18-15(16)19-13(10)23/h5,8-9,11,14H,3-4H2,1-2H3,(H,27,28)(H,29,30)(H2,24,25,26)(H3,16,18,19,23)/t8-,9-,11-,14-/m1/s1. The average molecular weight is 621 g/mol. The van der Waals surface area contributed by atoms with E-state index in [0.717, 1.165) is 24.7 Å². The molecule has 0 aliphatic carbocycles. The number of phosphoric ester groups is 1. The number of nitrogens with two attached hydrogens (primary N) is 1. The van der Waals surface area contributed by atoms with Crippen LogP contribution < -0.4 is 11.3 Å². The van der Waals surface area contributed by atoms with Gasteiger partial charge in [0.2, 0.25) is 5.95 Å². The van der Waals surface area contributed by atoms with E-state index in [2.05, 4.69) is 28.1 Å². The van der Waals surface area contributed by atoms with Gasteiger partial charge in [-0.15, -0.1) is 0 Å². The molecule has 6 atom stereocenters. The van der Waals surface area contributed by atoms with Crippen molar-refractivity contribution in [3.63, 3.8) is 0 Å². The van der Waals surface area contributed by atoms with Crippen molar-refractivity contribution in [1.82, 2.24) is 19.5 Å². The number of imidazole rings is 1. The number of phosphoric acid groups is 3. The molecule has 39 heavy (non-hydrogen) atoms. The zero-order chi connectivity index (χ0) is 29.3. The highest BCUT2D eigenvalue weighted by Gasteiger charge is 2.50. The number of nitrogens with zero attached hydrogens (tertiary/aromatic N) is 3. The van der Waals surface area contributed by atoms with Crippen molar-refractivity contribution in [1.29, 1.82) is 0 Å². The highest BCUT2D eigenvalue weighted by atomic mass is 31.3. The number of carbonyl (C=O) groups excluding carboxylic acids is 2. The van der Waals surface area contributed by atoms with Gasteiger partial charge in [0, 0.05) is 13.8 Å². The van der Waals surface area contributed by atoms with Gasteiger partial charge < -0.3 is 39.5 Å². The summed E-state index contributed by atoms with van der Waals surface area (Å²) in [5, 5.41) is 0. The normalized spacial score (nSPS) is 24.7. The van der Waals surface area contributed by atoms with Gasteiger partial charge >= 0.3 is 35.4 Å². The molecule has 218 valence electrons. The molecule has 1 saturated heterocycles. The topological polar surface area (TPSA) is 311 Å². The van der Waals surface area contributed by atoms with E-state index in [0.29, 0.717) is 0 Å². The Bertz CT molecular complexity index is 1450. The van der Waals surface area contributed by atoms with Crippen molar-refractivity contribution in [2.45, 2.75) is 32.3 Å². The van der Waals surface area contributed by atoms with Crippen molar-refractivity contribution in [3.8, 4) is 0 Å². The van der Waals surface area contributed by atoms with Gasteiger partial charge in [0.1, 0.15) is 6.61 Å². The minimum atomic E-state index is -5.80. The monoisotopic (exact) mass is 621 g/mol. The molecular weight excluding hydrogens is 599 g/mol. The number of ether oxygens (including phenoxy) is 3. The molecule has 1 aliphatic heterocycles. The smallest absolute Gasteiger partial charge is 0.465 e. The largest absolute Gasteiger partial charge is 0.490 e. The molecule has 0 amide bonds. The highest BCUT2D eigenvalue weighted by molar-refractivity contribution is 7.66. The number of hydrogen-bond donors (Lipinski definition) is 6. The lowest BCUT2D eigenvalue weighted by atomic mass is 9.99. The lowest BCUT2D eigenvalue weighted by Crippen LogP contribution is -2.36. The molecule has 0 aromatic carbocycles. The Kier molecular flexibility index (Phi) is 9.15. The van der Waals surface area contributed by atoms with Crippen LogP contribution in [0.2, 0.25) is 0 Å². The van der Waals surface area contributed by atoms with E-state index in [4.69, 9.17) is 29.7 Å². The van der Waals surface area contributed by atoms with E-state index >= 15 is 0 Å². The molecule has 0 bridgehead atoms. The number of anilines is 1. The first-order chi connectivity index (χ1) is 17.9. The number of aromatic nitrogens is 4. The zero-order valence-corrected chi connectivity index (χ0v) is 22.4. The van der Waals surface area contributed by atoms with Gasteiger partial charge in [-0.1, -0.05) is 0 Å². The van der Waals surface area contributed by atoms with Crippen molar-refractivity contribution >= 4 is 52.5 Å². The second kappa shape index (κ2) is 11.5. The number of aromatic amines is 1. The average Bonchev–Trinajstić information content (AvgIpc) is 3.29. The first-order valence-corrected chi connectivity index (χ1v) is 14.9. The van der Waals surface area contributed by atoms with E-state index in [9.17, 15) is 37.9 Å². The maximum atomic E-state index is 12.2. The molecule has 2 aromatic heterocycles. The van der Waals surface area contributed by atoms with Gasteiger partial charge in [-0.25, -0.2) is 18.7 Å². The van der Waals surface area contributed by atoms with Crippen LogP contribution in [0, 0.1) is 5.92 Å². The molecule has 3 rings (SSSR count). The summed E-state index contributed by atoms with van der Waals surface area (Å²) in [7, 11) is -17.0. The van der Waals surface area contributed by atoms with Crippen LogP contribution in [-0.4, -0.2) is 76.5 Å². The second-order valence-corrected chi connectivity index (χ2v) is 12.2. The molecule has 7 N–H and O–H groups in total. The summed E-state index contributed by atoms with van der Waals surface area (Å²) in [5.41, 5.74) is 4.60. The van der Waals surface area contributed by atoms with Gasteiger partial charge in [-0.3, -0.25) is 28.5 Å². The lowest BCUT2D eigenvalue weighted by Gasteiger charge is -2.24. The molecule has 0 saturated carbocycles. The van der Waals surface area contributed by atoms with Crippen LogP contribution in [0.25, 0.3) is 11.2 Å². The van der Waals surface area contributed by atoms with Crippen LogP contribution in [0.3, 0.4) is 0 Å². The summed E-state index contributed by atoms with van der Waals surface area (Å²) in [5.74, 6) is -3.02. The van der Waals surface area contributed by atoms with Crippen molar-refractivity contribution < 1.29 is 70.2 Å². The third-order valence-electron chi connectivity index (χ3n) is 4.82. The SMILES string of the molecule is CC(=O)OC[C@H]1[C@@H](OC(C)=O)[C@H](n2cnc3c(=O)[nH]c(N)nc32)O[C@@H]1COP(=O)(O)OP(=O)(O)OP(=O)(O)O. The van der Waals surface area contributed by atoms with E-state index in [1.165, 1.54) is 0 Å². The predicted molar refractivity (Wildman–Crippen MR) is 122 cm³/mol. The third kappa shape index (κ3) is 8.23. The lowest BCUT2D eigenvalue weighted by molar-refractivity contribution is -0.155. The Hall–Kier alpha value is -2.54. The van der Waals surface area contributed by atoms with Crippen LogP contribution in [0.5, 0.6) is 0 Å². The molecule has 2 aromatic rings. The van der Waals surface area contributed by atoms with Crippen LogP contribution in [-0.2, 0) is 50.6 Å². The molecule has 1 fully saturated rings. The molecule has 0 spiro atoms. The number of rotatable bonds is 11. The van der Waals surface area contributed by atoms with Gasteiger partial charge in [0.25, 0.3) is 5.56 Å². The fraction of sp³-hybridized carbons (Fsp3) is 0.533. The summed E-state index contributed by atoms with van der Waals surface area (Å²) in [4.78, 5) is 82.1. The molecule has 3 heterocycles. The predicted octanol–water partition coefficient (Wildman–Crippen LogP) is -0.946. The number of nitrogen functional groups attached to an aromatic ring is 1. The van der Waals surface area contributed by atoms with Crippen LogP contribution >= 0.6 is 23.5 Å². The van der Waals surface area contributed by atoms with Crippen molar-refractivity contribution in [2.75, 3.05) is 18.9 Å². The molecule has 2 unspecified atom stereocenters. The van der Waals surface area contributed by atoms with Crippen molar-refractivity contribution in [3.05, 3.63) is 16.7 Å². The van der Waals surface area contributed by atoms with E-state index in [1.807, 2.05) is 0 Å². The Labute approximate surface area is 216 Å². The van der Waals surface area contributed by atoms with Gasteiger partial charge in [0.15, 0.2) is 23.5 Å². The molecule has 0 radical (unpaired) electrons. The maximum absolute atomic E-state index is 12.2. The van der Waals surface area contributed by atoms with E-state index in [1.54, 1.807) is 0 Å². The first-order valence-electron chi connectivity index (χ1n) is 10.3. The zero-order valence-electron chi connectivity index (χ0n) is 19.7. The molecule has 24 heteroatoms. The number of H-pyrrole nitrogens is 1. The quantitative estimate of drug-likeness (QED) is 0.130. The Morgan fingerprint density at radius 2 is 1.77 bits per heavy atom. The van der Waals surface area contributed by atoms with E-state index in [-0.39, 0.29) is 17.1 Å². The first kappa shape index (κ1) is 31.0. The Balaban J connectivity index is 1.93. The highest BCUT2D eigenvalue weighted by Crippen LogP contribution is 2.66. The van der Waals surface area contributed by atoms with Crippen molar-refractivity contribution in [2.24, 2.45) is 5.92 Å². The van der Waals surface area contributed by atoms with Crippen LogP contribution in [0.15, 0.2) is 11.1 Å². The van der Waals surface area contributed by atoms with Gasteiger partial charge in [-0.2, -0.15) is 13.6 Å². The van der Waals surface area contributed by atoms with Crippen LogP contribution in [0.4, 0.5) is 5.95 Å². The van der Waals surface area contributed by atoms with Crippen LogP contribution in [0.1, 0.15) is 20.1 Å². The summed E-state index contributed by atoms with van der Waals surface area (Å²) < 4.78 is 63.9. The third-order valence-corrected chi connectivity index (χ3v) is 8.62. The summed E-state index contributed by atoms with van der Waals surface area (Å²) in [6, 6.07) is 0. The Morgan fingerprint density at radius 1 is 1.10 bits per heavy atom. The van der Waals surface area contributed by atoms with Gasteiger partial charge in [-0.05, 0) is 0 Å². The Morgan fingerprint density at radius 3 is 2.36 bits per heavy atom. The number of hydrogen-bond acceptors (Lipinski definition) is 15. The summed E-state index contributed by atoms with van der Waals surface area (Å²) in [6.07, 6.45) is -2.97. The molecule has 1 aliphatic rings. The fourth-order valence-corrected chi connectivity index (χ4v) is 6.55. The minimum absolute atomic E-state index is 0.113. The second-order valence-electron chi connectivity index (χ2n) is 7.77. The summed E-state index contributed by atoms with van der Waals surface area (Å²) >= 11 is 0.